The molecule has 0 spiro atoms. The average Bonchev–Trinajstić information content (AvgIpc) is 3.14. The number of likely N-dealkylation sites (N-methyl/N-ethyl adjacent to an activating group) is 1. The molecular formula is C21H35N5O2S. The number of carbonyl (C=O) groups excluding carboxylic acids is 2. The number of piperazine rings is 1. The van der Waals surface area contributed by atoms with Crippen LogP contribution in [0.3, 0.4) is 0 Å². The van der Waals surface area contributed by atoms with E-state index in [0.717, 1.165) is 82.4 Å². The van der Waals surface area contributed by atoms with Crippen LogP contribution in [-0.4, -0.2) is 95.3 Å². The van der Waals surface area contributed by atoms with Crippen molar-refractivity contribution in [2.75, 3.05) is 58.9 Å². The van der Waals surface area contributed by atoms with Crippen LogP contribution in [0.2, 0.25) is 0 Å². The third kappa shape index (κ3) is 5.99. The first kappa shape index (κ1) is 22.2. The Labute approximate surface area is 178 Å². The molecule has 2 saturated heterocycles. The molecule has 7 nitrogen and oxygen atoms in total. The van der Waals surface area contributed by atoms with Gasteiger partial charge in [0.05, 0.1) is 17.2 Å². The Morgan fingerprint density at radius 1 is 1.07 bits per heavy atom. The summed E-state index contributed by atoms with van der Waals surface area (Å²) in [5.74, 6) is 0.647. The highest BCUT2D eigenvalue weighted by molar-refractivity contribution is 7.09. The number of aryl methyl sites for hydroxylation is 1. The van der Waals surface area contributed by atoms with E-state index in [1.165, 1.54) is 0 Å². The molecule has 3 rings (SSSR count). The van der Waals surface area contributed by atoms with Gasteiger partial charge in [0.1, 0.15) is 0 Å². The number of rotatable bonds is 7. The van der Waals surface area contributed by atoms with Gasteiger partial charge in [0.15, 0.2) is 0 Å². The van der Waals surface area contributed by atoms with Gasteiger partial charge in [0.25, 0.3) is 0 Å². The predicted molar refractivity (Wildman–Crippen MR) is 116 cm³/mol. The molecule has 2 aliphatic heterocycles. The highest BCUT2D eigenvalue weighted by Crippen LogP contribution is 2.22. The smallest absolute Gasteiger partial charge is 0.236 e. The molecule has 8 heteroatoms. The number of likely N-dealkylation sites (tertiary alicyclic amines) is 1. The standard InChI is InChI=1S/C21H35N5O2S/c1-4-25(5-2)20(27)15-24-10-12-26(13-11-24)21(28)18-6-8-23(9-7-18)14-19-16-29-17(3)22-19/h16,18H,4-15H2,1-3H3. The minimum absolute atomic E-state index is 0.146. The fourth-order valence-corrected chi connectivity index (χ4v) is 4.90. The van der Waals surface area contributed by atoms with E-state index >= 15 is 0 Å². The first-order chi connectivity index (χ1) is 14.0. The molecule has 1 aromatic rings. The molecule has 0 radical (unpaired) electrons. The number of nitrogens with zero attached hydrogens (tertiary/aromatic N) is 5. The van der Waals surface area contributed by atoms with Gasteiger partial charge in [-0.3, -0.25) is 19.4 Å². The highest BCUT2D eigenvalue weighted by atomic mass is 32.1. The van der Waals surface area contributed by atoms with Gasteiger partial charge in [-0.25, -0.2) is 4.98 Å². The number of thiazole rings is 1. The molecule has 2 aliphatic rings. The molecule has 0 N–H and O–H groups in total. The minimum atomic E-state index is 0.146. The van der Waals surface area contributed by atoms with E-state index < -0.39 is 0 Å². The lowest BCUT2D eigenvalue weighted by atomic mass is 9.95. The second-order valence-electron chi connectivity index (χ2n) is 8.08. The first-order valence-electron chi connectivity index (χ1n) is 10.9. The Hall–Kier alpha value is -1.51. The maximum absolute atomic E-state index is 13.0. The van der Waals surface area contributed by atoms with Crippen LogP contribution in [0.1, 0.15) is 37.4 Å². The number of aromatic nitrogens is 1. The van der Waals surface area contributed by atoms with Gasteiger partial charge in [-0.1, -0.05) is 0 Å². The topological polar surface area (TPSA) is 60.0 Å². The molecule has 0 aromatic carbocycles. The van der Waals surface area contributed by atoms with Crippen molar-refractivity contribution < 1.29 is 9.59 Å². The molecular weight excluding hydrogens is 386 g/mol. The van der Waals surface area contributed by atoms with E-state index in [1.807, 2.05) is 30.6 Å². The van der Waals surface area contributed by atoms with Crippen molar-refractivity contribution in [2.45, 2.75) is 40.2 Å². The number of carbonyl (C=O) groups is 2. The van der Waals surface area contributed by atoms with Gasteiger partial charge in [0, 0.05) is 57.1 Å². The Kier molecular flexibility index (Phi) is 8.03. The molecule has 2 fully saturated rings. The molecule has 0 aliphatic carbocycles. The van der Waals surface area contributed by atoms with Crippen molar-refractivity contribution in [3.05, 3.63) is 16.1 Å². The Morgan fingerprint density at radius 2 is 1.72 bits per heavy atom. The third-order valence-electron chi connectivity index (χ3n) is 6.15. The van der Waals surface area contributed by atoms with Crippen LogP contribution >= 0.6 is 11.3 Å². The average molecular weight is 422 g/mol. The van der Waals surface area contributed by atoms with E-state index in [2.05, 4.69) is 20.2 Å². The van der Waals surface area contributed by atoms with E-state index in [9.17, 15) is 9.59 Å². The van der Waals surface area contributed by atoms with Crippen molar-refractivity contribution in [3.8, 4) is 0 Å². The molecule has 0 saturated carbocycles. The number of hydrogen-bond donors (Lipinski definition) is 0. The second kappa shape index (κ2) is 10.5. The summed E-state index contributed by atoms with van der Waals surface area (Å²) in [4.78, 5) is 38.3. The lowest BCUT2D eigenvalue weighted by Gasteiger charge is -2.38. The van der Waals surface area contributed by atoms with E-state index in [0.29, 0.717) is 12.5 Å². The van der Waals surface area contributed by atoms with Gasteiger partial charge >= 0.3 is 0 Å². The molecule has 0 bridgehead atoms. The first-order valence-corrected chi connectivity index (χ1v) is 11.8. The van der Waals surface area contributed by atoms with Gasteiger partial charge in [0.2, 0.25) is 11.8 Å². The Bertz CT molecular complexity index is 674. The Balaban J connectivity index is 1.39. The fourth-order valence-electron chi connectivity index (χ4n) is 4.30. The third-order valence-corrected chi connectivity index (χ3v) is 6.97. The SMILES string of the molecule is CCN(CC)C(=O)CN1CCN(C(=O)C2CCN(Cc3csc(C)n3)CC2)CC1. The van der Waals surface area contributed by atoms with Crippen LogP contribution in [0.4, 0.5) is 0 Å². The van der Waals surface area contributed by atoms with E-state index in [4.69, 9.17) is 0 Å². The largest absolute Gasteiger partial charge is 0.342 e. The molecule has 3 heterocycles. The zero-order chi connectivity index (χ0) is 20.8. The summed E-state index contributed by atoms with van der Waals surface area (Å²) in [6.07, 6.45) is 1.87. The van der Waals surface area contributed by atoms with Crippen molar-refractivity contribution >= 4 is 23.2 Å². The van der Waals surface area contributed by atoms with Crippen LogP contribution < -0.4 is 0 Å². The van der Waals surface area contributed by atoms with Crippen molar-refractivity contribution in [3.63, 3.8) is 0 Å². The monoisotopic (exact) mass is 421 g/mol. The molecule has 162 valence electrons. The summed E-state index contributed by atoms with van der Waals surface area (Å²) in [6, 6.07) is 0. The molecule has 2 amide bonds. The lowest BCUT2D eigenvalue weighted by Crippen LogP contribution is -2.53. The molecule has 0 unspecified atom stereocenters. The summed E-state index contributed by atoms with van der Waals surface area (Å²) in [5, 5.41) is 3.25. The summed E-state index contributed by atoms with van der Waals surface area (Å²) in [5.41, 5.74) is 1.15. The summed E-state index contributed by atoms with van der Waals surface area (Å²) in [7, 11) is 0. The quantitative estimate of drug-likeness (QED) is 0.670. The summed E-state index contributed by atoms with van der Waals surface area (Å²) < 4.78 is 0. The fraction of sp³-hybridized carbons (Fsp3) is 0.762. The van der Waals surface area contributed by atoms with Crippen LogP contribution in [0.5, 0.6) is 0 Å². The minimum Gasteiger partial charge on any atom is -0.342 e. The number of amides is 2. The van der Waals surface area contributed by atoms with Crippen LogP contribution in [0, 0.1) is 12.8 Å². The maximum atomic E-state index is 13.0. The zero-order valence-corrected chi connectivity index (χ0v) is 18.9. The van der Waals surface area contributed by atoms with Crippen molar-refractivity contribution in [1.82, 2.24) is 24.6 Å². The van der Waals surface area contributed by atoms with Crippen molar-refractivity contribution in [2.24, 2.45) is 5.92 Å². The number of piperidine rings is 1. The van der Waals surface area contributed by atoms with Crippen LogP contribution in [0.25, 0.3) is 0 Å². The maximum Gasteiger partial charge on any atom is 0.236 e. The molecule has 29 heavy (non-hydrogen) atoms. The molecule has 1 aromatic heterocycles. The molecule has 0 atom stereocenters. The van der Waals surface area contributed by atoms with Crippen molar-refractivity contribution in [1.29, 1.82) is 0 Å². The van der Waals surface area contributed by atoms with Gasteiger partial charge in [-0.2, -0.15) is 0 Å². The van der Waals surface area contributed by atoms with E-state index in [-0.39, 0.29) is 11.8 Å². The summed E-state index contributed by atoms with van der Waals surface area (Å²) >= 11 is 1.70. The number of hydrogen-bond acceptors (Lipinski definition) is 6. The highest BCUT2D eigenvalue weighted by Gasteiger charge is 2.31. The lowest BCUT2D eigenvalue weighted by molar-refractivity contribution is -0.139. The van der Waals surface area contributed by atoms with Crippen LogP contribution in [0.15, 0.2) is 5.38 Å². The van der Waals surface area contributed by atoms with Crippen LogP contribution in [-0.2, 0) is 16.1 Å². The van der Waals surface area contributed by atoms with Gasteiger partial charge in [-0.15, -0.1) is 11.3 Å². The normalized spacial score (nSPS) is 19.5. The second-order valence-corrected chi connectivity index (χ2v) is 9.14. The zero-order valence-electron chi connectivity index (χ0n) is 18.1. The Morgan fingerprint density at radius 3 is 2.28 bits per heavy atom. The van der Waals surface area contributed by atoms with Gasteiger partial charge < -0.3 is 9.80 Å². The summed E-state index contributed by atoms with van der Waals surface area (Å²) in [6.45, 7) is 13.9. The predicted octanol–water partition coefficient (Wildman–Crippen LogP) is 1.68. The van der Waals surface area contributed by atoms with Gasteiger partial charge in [-0.05, 0) is 46.7 Å². The van der Waals surface area contributed by atoms with E-state index in [1.54, 1.807) is 11.3 Å².